The first kappa shape index (κ1) is 110. The number of ether oxygens (including phenoxy) is 5. The molecular weight excluding hydrogens is 1700 g/mol. The number of terminal acetylenes is 1. The van der Waals surface area contributed by atoms with Crippen LogP contribution in [0.15, 0.2) is 53.6 Å². The van der Waals surface area contributed by atoms with Crippen LogP contribution in [0, 0.1) is 326 Å². The van der Waals surface area contributed by atoms with Crippen LogP contribution < -0.4 is 5.64 Å². The molecule has 30 nitrogen and oxygen atoms in total. The third-order valence-electron chi connectivity index (χ3n) is 17.7. The molecule has 0 radical (unpaired) electrons. The number of carboxylic acid groups (broad SMARTS) is 1. The first-order chi connectivity index (χ1) is 64.1. The van der Waals surface area contributed by atoms with Crippen molar-refractivity contribution in [1.29, 1.82) is 0 Å². The average molecular weight is 1850 g/mol. The quantitative estimate of drug-likeness (QED) is 0.0114. The summed E-state index contributed by atoms with van der Waals surface area (Å²) < 4.78 is 30.0. The van der Waals surface area contributed by atoms with Crippen LogP contribution in [-0.2, 0) is 103 Å². The Morgan fingerprint density at radius 3 is 1.37 bits per heavy atom. The number of benzene rings is 1. The summed E-state index contributed by atoms with van der Waals surface area (Å²) in [5, 5.41) is 91.7. The number of fused-ring (bicyclic) bond motifs is 3. The standard InChI is InChI=1S/C51H73NO14.C51H4.H3NO14.34H2/c1-29-22-30(2)24-43(63-7)46-44(64-8)26-32(4)51(61,66-46)47(56)48(57)52-21-10-9-14-38(52)50(60)65-45(31(3)25-35-17-20-39(53)42(27-35)62-6)33(5)40(54)28-41(55)37(23-29)13-11-12-34-15-18-36(19-16-34)49(58)59;1-3-5-7-9-11-13-15-17-19-21-23-25-27-29-31-33-35-37-39-41-43-45-47-49-51-50-48-46-44-42-40-38-36-34-32-30-28-26-24-22-20-18-16-14-12-10-8-6-4-2;2-6-10-14-12-8-4-1-5-9-13-15-11-7-3;;;;;;;;;;;;;;;;;;;;;;;;;;;;;;;;;;/h11-12,15-16,18-19,23,25,30,32-33,35,37-40,42-46,53-54,61H,9-10,13-14,17,20-22,24,26-28H2,1-8H3,(H,58,59);1H,2H3;1-3H;34*1H/b12-11+,29-23+,31-25+;;;;;;;;;;;;;;;;;;;;;;;;;;;;;;;;;;;;/t30-,32+,33+,35-,37+,38-,39+,40-,42+,43-,44-,45+,46+,51+;;;;;;;;;;;;;;;;;;;;;;;;;;;;;;;;;;;;/m0..................................../s1. The highest BCUT2D eigenvalue weighted by Crippen LogP contribution is 2.40. The monoisotopic (exact) mass is 1850 g/mol. The summed E-state index contributed by atoms with van der Waals surface area (Å²) in [6.07, 6.45) is 11.0. The zero-order chi connectivity index (χ0) is 96.3. The van der Waals surface area contributed by atoms with Gasteiger partial charge < -0.3 is 49.0 Å². The van der Waals surface area contributed by atoms with Crippen molar-refractivity contribution in [2.75, 3.05) is 27.9 Å². The minimum absolute atomic E-state index is 0. The molecule has 3 aliphatic heterocycles. The lowest BCUT2D eigenvalue weighted by Crippen LogP contribution is -2.64. The topological polar surface area (TPSA) is 379 Å². The summed E-state index contributed by atoms with van der Waals surface area (Å²) in [5.74, 6) is 113. The molecule has 3 fully saturated rings. The highest BCUT2D eigenvalue weighted by Gasteiger charge is 2.57. The molecule has 132 heavy (non-hydrogen) atoms. The van der Waals surface area contributed by atoms with Crippen LogP contribution in [0.3, 0.4) is 0 Å². The van der Waals surface area contributed by atoms with Gasteiger partial charge in [-0.3, -0.25) is 14.4 Å². The van der Waals surface area contributed by atoms with Gasteiger partial charge in [-0.05, 0) is 271 Å². The van der Waals surface area contributed by atoms with Gasteiger partial charge in [-0.25, -0.2) is 20.1 Å². The predicted molar refractivity (Wildman–Crippen MR) is 539 cm³/mol. The number of aliphatic hydroxyl groups is 3. The van der Waals surface area contributed by atoms with E-state index in [-0.39, 0.29) is 104 Å². The third kappa shape index (κ3) is 47.8. The largest absolute Gasteiger partial charge is 0.478 e. The predicted octanol–water partition coefficient (Wildman–Crippen LogP) is 13.7. The van der Waals surface area contributed by atoms with Gasteiger partial charge in [-0.1, -0.05) is 78.7 Å². The van der Waals surface area contributed by atoms with Crippen molar-refractivity contribution in [3.05, 3.63) is 64.8 Å². The fraction of sp³-hybridized carbons (Fsp3) is 0.343. The molecule has 2 saturated heterocycles. The van der Waals surface area contributed by atoms with Crippen molar-refractivity contribution in [3.63, 3.8) is 0 Å². The molecule has 1 aliphatic carbocycles. The lowest BCUT2D eigenvalue weighted by molar-refractivity contribution is -0.816. The second-order valence-corrected chi connectivity index (χ2v) is 26.5. The molecule has 5 rings (SSSR count). The van der Waals surface area contributed by atoms with E-state index in [0.717, 1.165) is 16.0 Å². The van der Waals surface area contributed by atoms with Crippen LogP contribution in [0.4, 0.5) is 0 Å². The molecule has 1 amide bonds. The molecule has 4 aliphatic rings. The maximum Gasteiger partial charge on any atom is 0.335 e. The summed E-state index contributed by atoms with van der Waals surface area (Å²) in [6.45, 7) is 10.8. The van der Waals surface area contributed by atoms with Crippen molar-refractivity contribution >= 4 is 35.5 Å². The summed E-state index contributed by atoms with van der Waals surface area (Å²) >= 11 is 0. The normalized spacial score (nSPS) is 21.3. The number of hydrogen-bond acceptors (Lipinski definition) is 28. The number of piperidine rings is 1. The van der Waals surface area contributed by atoms with E-state index in [2.05, 4.69) is 350 Å². The molecule has 1 aromatic rings. The average Bonchev–Trinajstić information content (AvgIpc) is 0.805. The summed E-state index contributed by atoms with van der Waals surface area (Å²) in [4.78, 5) is 77.5. The number of amides is 1. The van der Waals surface area contributed by atoms with Crippen molar-refractivity contribution in [3.8, 4) is 297 Å². The molecule has 734 valence electrons. The van der Waals surface area contributed by atoms with Gasteiger partial charge in [0.1, 0.15) is 24.0 Å². The van der Waals surface area contributed by atoms with Gasteiger partial charge in [0.15, 0.2) is 0 Å². The lowest BCUT2D eigenvalue weighted by Gasteiger charge is -2.47. The Labute approximate surface area is 817 Å². The Hall–Kier alpha value is -15.7. The number of carboxylic acids is 1. The molecule has 7 N–H and O–H groups in total. The fourth-order valence-electron chi connectivity index (χ4n) is 12.0. The van der Waals surface area contributed by atoms with Gasteiger partial charge in [0, 0.05) is 290 Å². The molecule has 14 atom stereocenters. The number of nitrogens with zero attached hydrogens (tertiary/aromatic N) is 1. The number of esters is 1. The number of carbonyl (C=O) groups excluding carboxylic acids is 4. The van der Waals surface area contributed by atoms with Gasteiger partial charge in [-0.2, -0.15) is 0 Å². The number of nitrogens with one attached hydrogen (secondary N) is 1. The molecule has 1 aromatic carbocycles. The molecule has 30 heteroatoms. The molecule has 0 spiro atoms. The number of ketones is 2. The first-order valence-corrected chi connectivity index (χ1v) is 38.8. The maximum atomic E-state index is 14.5. The van der Waals surface area contributed by atoms with E-state index in [1.807, 2.05) is 38.2 Å². The van der Waals surface area contributed by atoms with Crippen molar-refractivity contribution in [2.24, 2.45) is 29.6 Å². The third-order valence-corrected chi connectivity index (χ3v) is 17.7. The number of carbonyl (C=O) groups is 5. The Bertz CT molecular complexity index is 6170. The minimum atomic E-state index is -2.55. The molecule has 1 saturated carbocycles. The number of aromatic carboxylic acids is 1. The fourth-order valence-corrected chi connectivity index (χ4v) is 12.0. The molecule has 0 aromatic heterocycles. The molecule has 3 heterocycles. The van der Waals surface area contributed by atoms with Gasteiger partial charge in [0.05, 0.1) is 36.1 Å². The smallest absolute Gasteiger partial charge is 0.335 e. The summed E-state index contributed by atoms with van der Waals surface area (Å²) in [5.41, 5.74) is 3.79. The Kier molecular flexibility index (Phi) is 58.9. The van der Waals surface area contributed by atoms with Crippen LogP contribution in [0.2, 0.25) is 0 Å². The van der Waals surface area contributed by atoms with E-state index in [0.29, 0.717) is 50.5 Å². The van der Waals surface area contributed by atoms with E-state index in [1.54, 1.807) is 46.9 Å². The Morgan fingerprint density at radius 2 is 0.962 bits per heavy atom. The van der Waals surface area contributed by atoms with E-state index >= 15 is 0 Å². The van der Waals surface area contributed by atoms with Crippen LogP contribution in [0.1, 0.15) is 177 Å². The number of hydrogen-bond donors (Lipinski definition) is 7. The number of Topliss-reactive ketones (excluding diaryl/α,β-unsaturated/α-hetero) is 2. The highest BCUT2D eigenvalue weighted by atomic mass is 17.9. The van der Waals surface area contributed by atoms with Crippen LogP contribution in [-0.4, -0.2) is 148 Å². The van der Waals surface area contributed by atoms with E-state index in [1.165, 1.54) is 32.0 Å². The lowest BCUT2D eigenvalue weighted by atomic mass is 9.81. The van der Waals surface area contributed by atoms with Crippen molar-refractivity contribution < 1.29 is 187 Å². The number of methoxy groups -OCH3 is 3. The number of allylic oxidation sites excluding steroid dienone is 4. The number of aliphatic hydroxyl groups excluding tert-OH is 2. The zero-order valence-corrected chi connectivity index (χ0v) is 72.3. The van der Waals surface area contributed by atoms with Crippen LogP contribution >= 0.6 is 0 Å². The summed E-state index contributed by atoms with van der Waals surface area (Å²) in [6, 6.07) is 5.20. The summed E-state index contributed by atoms with van der Waals surface area (Å²) in [7, 11) is 4.57. The second kappa shape index (κ2) is 70.4. The molecular formula is C102H148N2O28. The van der Waals surface area contributed by atoms with Crippen molar-refractivity contribution in [2.45, 2.75) is 167 Å². The van der Waals surface area contributed by atoms with E-state index in [4.69, 9.17) is 40.6 Å². The Morgan fingerprint density at radius 1 is 0.545 bits per heavy atom. The number of cyclic esters (lactones) is 1. The van der Waals surface area contributed by atoms with Crippen molar-refractivity contribution in [1.82, 2.24) is 10.5 Å². The van der Waals surface area contributed by atoms with Crippen LogP contribution in [0.25, 0.3) is 6.08 Å². The molecule has 2 bridgehead atoms. The van der Waals surface area contributed by atoms with Gasteiger partial charge in [0.2, 0.25) is 5.79 Å². The van der Waals surface area contributed by atoms with Gasteiger partial charge in [0.25, 0.3) is 11.7 Å². The highest BCUT2D eigenvalue weighted by molar-refractivity contribution is 6.39. The molecule has 0 unspecified atom stereocenters. The van der Waals surface area contributed by atoms with E-state index < -0.39 is 95.9 Å². The first-order valence-electron chi connectivity index (χ1n) is 38.8. The second-order valence-electron chi connectivity index (χ2n) is 26.5. The Balaban J connectivity index is -0.0000000548. The van der Waals surface area contributed by atoms with Crippen LogP contribution in [0.5, 0.6) is 0 Å². The van der Waals surface area contributed by atoms with E-state index in [9.17, 15) is 44.4 Å². The maximum absolute atomic E-state index is 14.5. The van der Waals surface area contributed by atoms with Gasteiger partial charge in [-0.15, -0.1) is 6.42 Å². The number of rotatable bonds is 21. The zero-order valence-electron chi connectivity index (χ0n) is 72.3. The minimum Gasteiger partial charge on any atom is -0.478 e. The van der Waals surface area contributed by atoms with Gasteiger partial charge >= 0.3 is 11.9 Å². The SMILES string of the molecule is C#CC#CC#CC#CC#CC#CC#CC#CC#CC#CC#CC#CC#CC#CC#CC#CC#CC#CC#CC#CC#CC#CC#CC#CC#CC.CO[C@H]1C[C@@H](C)C/C(C)=C/[C@@H](C/C=C/c2ccc(C(=O)O)cc2)C(=O)C[C@H](O)[C@@H](C)[C@@H](/C(C)=C/[C@@H]2CC[C@@H](O)[C@H](OC)C2)OC(=O)[C@@H]2CCCCN2C(=O)C(=O)[C@]2(O)O[C@H]1[C@@H](OC)C[C@H]2C.OOOOOOONOOOOOOO.[HH].[HH].[HH].[HH].[HH].[HH].[HH].[HH].[HH].[HH].[HH].[HH].[HH].[HH].[HH].[HH].[HH].[HH].[HH].[HH].[HH].[HH].[HH].[HH].[HH].[HH].[HH].[HH].[HH].[HH].[HH].[HH].[HH].[HH].